The van der Waals surface area contributed by atoms with Crippen molar-refractivity contribution in [1.82, 2.24) is 4.90 Å². The van der Waals surface area contributed by atoms with E-state index in [2.05, 4.69) is 5.32 Å². The molecule has 0 aliphatic carbocycles. The molecular weight excluding hydrogens is 279 g/mol. The van der Waals surface area contributed by atoms with Gasteiger partial charge in [-0.2, -0.15) is 0 Å². The lowest BCUT2D eigenvalue weighted by Gasteiger charge is -2.18. The first-order valence-electron chi connectivity index (χ1n) is 6.59. The van der Waals surface area contributed by atoms with Crippen molar-refractivity contribution in [3.05, 3.63) is 29.6 Å². The number of hydrogen-bond acceptors (Lipinski definition) is 3. The maximum atomic E-state index is 13.2. The minimum Gasteiger partial charge on any atom is -0.478 e. The summed E-state index contributed by atoms with van der Waals surface area (Å²) in [5, 5.41) is 11.5. The molecule has 2 amide bonds. The molecule has 1 aliphatic heterocycles. The number of carbonyl (C=O) groups excluding carboxylic acids is 1. The topological polar surface area (TPSA) is 78.9 Å². The molecule has 0 bridgehead atoms. The summed E-state index contributed by atoms with van der Waals surface area (Å²) in [7, 11) is 1.61. The first-order chi connectivity index (χ1) is 10.0. The SMILES string of the molecule is COCC1CCN(C(=O)Nc2cc(F)ccc2C(=O)O)C1. The Balaban J connectivity index is 2.06. The number of carbonyl (C=O) groups is 2. The maximum Gasteiger partial charge on any atom is 0.337 e. The third-order valence-electron chi connectivity index (χ3n) is 3.43. The molecule has 114 valence electrons. The van der Waals surface area contributed by atoms with Crippen molar-refractivity contribution in [2.45, 2.75) is 6.42 Å². The maximum absolute atomic E-state index is 13.2. The Hall–Kier alpha value is -2.15. The van der Waals surface area contributed by atoms with Crippen molar-refractivity contribution in [3.63, 3.8) is 0 Å². The molecule has 7 heteroatoms. The van der Waals surface area contributed by atoms with Crippen LogP contribution in [0, 0.1) is 11.7 Å². The van der Waals surface area contributed by atoms with Gasteiger partial charge in [-0.1, -0.05) is 0 Å². The van der Waals surface area contributed by atoms with Gasteiger partial charge in [0.05, 0.1) is 17.9 Å². The number of carboxylic acid groups (broad SMARTS) is 1. The number of aromatic carboxylic acids is 1. The third kappa shape index (κ3) is 3.69. The van der Waals surface area contributed by atoms with Gasteiger partial charge in [0, 0.05) is 26.1 Å². The monoisotopic (exact) mass is 296 g/mol. The summed E-state index contributed by atoms with van der Waals surface area (Å²) in [4.78, 5) is 24.7. The highest BCUT2D eigenvalue weighted by Gasteiger charge is 2.27. The van der Waals surface area contributed by atoms with E-state index in [9.17, 15) is 14.0 Å². The number of nitrogens with one attached hydrogen (secondary N) is 1. The summed E-state index contributed by atoms with van der Waals surface area (Å²) in [5.41, 5.74) is -0.180. The lowest BCUT2D eigenvalue weighted by atomic mass is 10.1. The van der Waals surface area contributed by atoms with Crippen LogP contribution in [0.5, 0.6) is 0 Å². The number of halogens is 1. The molecule has 1 saturated heterocycles. The van der Waals surface area contributed by atoms with Gasteiger partial charge in [0.15, 0.2) is 0 Å². The van der Waals surface area contributed by atoms with Crippen molar-refractivity contribution in [3.8, 4) is 0 Å². The van der Waals surface area contributed by atoms with E-state index in [1.54, 1.807) is 12.0 Å². The minimum atomic E-state index is -1.22. The van der Waals surface area contributed by atoms with Crippen molar-refractivity contribution in [1.29, 1.82) is 0 Å². The quantitative estimate of drug-likeness (QED) is 0.891. The number of ether oxygens (including phenoxy) is 1. The van der Waals surface area contributed by atoms with Crippen LogP contribution in [-0.4, -0.2) is 48.8 Å². The van der Waals surface area contributed by atoms with E-state index in [4.69, 9.17) is 9.84 Å². The van der Waals surface area contributed by atoms with Gasteiger partial charge in [-0.25, -0.2) is 14.0 Å². The summed E-state index contributed by atoms with van der Waals surface area (Å²) in [6.45, 7) is 1.68. The third-order valence-corrected chi connectivity index (χ3v) is 3.43. The molecule has 0 aromatic heterocycles. The number of amides is 2. The second-order valence-electron chi connectivity index (χ2n) is 4.98. The Morgan fingerprint density at radius 1 is 1.52 bits per heavy atom. The van der Waals surface area contributed by atoms with Crippen molar-refractivity contribution >= 4 is 17.7 Å². The number of nitrogens with zero attached hydrogens (tertiary/aromatic N) is 1. The molecule has 1 fully saturated rings. The van der Waals surface area contributed by atoms with Crippen LogP contribution in [0.4, 0.5) is 14.9 Å². The highest BCUT2D eigenvalue weighted by atomic mass is 19.1. The summed E-state index contributed by atoms with van der Waals surface area (Å²) in [5.74, 6) is -1.55. The summed E-state index contributed by atoms with van der Waals surface area (Å²) in [6.07, 6.45) is 0.830. The second kappa shape index (κ2) is 6.53. The molecule has 1 unspecified atom stereocenters. The van der Waals surface area contributed by atoms with Crippen LogP contribution >= 0.6 is 0 Å². The second-order valence-corrected chi connectivity index (χ2v) is 4.98. The van der Waals surface area contributed by atoms with E-state index in [1.165, 1.54) is 0 Å². The number of methoxy groups -OCH3 is 1. The van der Waals surface area contributed by atoms with Gasteiger partial charge in [0.25, 0.3) is 0 Å². The van der Waals surface area contributed by atoms with Crippen molar-refractivity contribution in [2.24, 2.45) is 5.92 Å². The Morgan fingerprint density at radius 3 is 2.95 bits per heavy atom. The zero-order chi connectivity index (χ0) is 15.4. The predicted octanol–water partition coefficient (Wildman–Crippen LogP) is 2.02. The number of hydrogen-bond donors (Lipinski definition) is 2. The van der Waals surface area contributed by atoms with E-state index in [-0.39, 0.29) is 17.2 Å². The first-order valence-corrected chi connectivity index (χ1v) is 6.59. The zero-order valence-corrected chi connectivity index (χ0v) is 11.6. The van der Waals surface area contributed by atoms with E-state index >= 15 is 0 Å². The van der Waals surface area contributed by atoms with Crippen molar-refractivity contribution in [2.75, 3.05) is 32.1 Å². The molecule has 1 atom stereocenters. The first kappa shape index (κ1) is 15.2. The fraction of sp³-hybridized carbons (Fsp3) is 0.429. The predicted molar refractivity (Wildman–Crippen MR) is 73.9 cm³/mol. The highest BCUT2D eigenvalue weighted by Crippen LogP contribution is 2.21. The Kier molecular flexibility index (Phi) is 4.74. The molecule has 1 heterocycles. The van der Waals surface area contributed by atoms with E-state index in [0.29, 0.717) is 19.7 Å². The molecule has 21 heavy (non-hydrogen) atoms. The highest BCUT2D eigenvalue weighted by molar-refractivity contribution is 6.00. The molecule has 0 saturated carbocycles. The fourth-order valence-corrected chi connectivity index (χ4v) is 2.39. The van der Waals surface area contributed by atoms with Gasteiger partial charge in [0.2, 0.25) is 0 Å². The molecule has 0 radical (unpaired) electrons. The molecule has 0 spiro atoms. The Labute approximate surface area is 121 Å². The molecule has 2 N–H and O–H groups in total. The Bertz CT molecular complexity index is 550. The van der Waals surface area contributed by atoms with Gasteiger partial charge < -0.3 is 20.1 Å². The van der Waals surface area contributed by atoms with Gasteiger partial charge in [0.1, 0.15) is 5.82 Å². The van der Waals surface area contributed by atoms with Crippen LogP contribution in [0.2, 0.25) is 0 Å². The van der Waals surface area contributed by atoms with Gasteiger partial charge >= 0.3 is 12.0 Å². The fourth-order valence-electron chi connectivity index (χ4n) is 2.39. The van der Waals surface area contributed by atoms with Crippen molar-refractivity contribution < 1.29 is 23.8 Å². The van der Waals surface area contributed by atoms with Crippen LogP contribution in [0.1, 0.15) is 16.8 Å². The number of urea groups is 1. The molecular formula is C14H17FN2O4. The summed E-state index contributed by atoms with van der Waals surface area (Å²) in [6, 6.07) is 2.75. The van der Waals surface area contributed by atoms with Crippen LogP contribution in [0.15, 0.2) is 18.2 Å². The van der Waals surface area contributed by atoms with Crippen LogP contribution < -0.4 is 5.32 Å². The number of likely N-dealkylation sites (tertiary alicyclic amines) is 1. The van der Waals surface area contributed by atoms with Crippen LogP contribution in [0.25, 0.3) is 0 Å². The normalized spacial score (nSPS) is 17.8. The lowest BCUT2D eigenvalue weighted by molar-refractivity contribution is 0.0698. The van der Waals surface area contributed by atoms with E-state index < -0.39 is 17.8 Å². The largest absolute Gasteiger partial charge is 0.478 e. The summed E-state index contributed by atoms with van der Waals surface area (Å²) >= 11 is 0. The van der Waals surface area contributed by atoms with Crippen LogP contribution in [-0.2, 0) is 4.74 Å². The standard InChI is InChI=1S/C14H17FN2O4/c1-21-8-9-4-5-17(7-9)14(20)16-12-6-10(15)2-3-11(12)13(18)19/h2-3,6,9H,4-5,7-8H2,1H3,(H,16,20)(H,18,19). The smallest absolute Gasteiger partial charge is 0.337 e. The average Bonchev–Trinajstić information content (AvgIpc) is 2.87. The molecule has 1 aromatic rings. The number of rotatable bonds is 4. The number of benzene rings is 1. The Morgan fingerprint density at radius 2 is 2.29 bits per heavy atom. The van der Waals surface area contributed by atoms with Gasteiger partial charge in [-0.15, -0.1) is 0 Å². The molecule has 1 aliphatic rings. The van der Waals surface area contributed by atoms with Crippen LogP contribution in [0.3, 0.4) is 0 Å². The lowest BCUT2D eigenvalue weighted by Crippen LogP contribution is -2.33. The number of anilines is 1. The molecule has 1 aromatic carbocycles. The van der Waals surface area contributed by atoms with E-state index in [0.717, 1.165) is 24.6 Å². The van der Waals surface area contributed by atoms with E-state index in [1.807, 2.05) is 0 Å². The molecule has 6 nitrogen and oxygen atoms in total. The average molecular weight is 296 g/mol. The molecule has 2 rings (SSSR count). The van der Waals surface area contributed by atoms with Gasteiger partial charge in [-0.05, 0) is 24.6 Å². The minimum absolute atomic E-state index is 0.0392. The van der Waals surface area contributed by atoms with Gasteiger partial charge in [-0.3, -0.25) is 0 Å². The summed E-state index contributed by atoms with van der Waals surface area (Å²) < 4.78 is 18.3. The zero-order valence-electron chi connectivity index (χ0n) is 11.6. The number of carboxylic acids is 1.